The van der Waals surface area contributed by atoms with Crippen molar-refractivity contribution in [3.05, 3.63) is 35.9 Å². The van der Waals surface area contributed by atoms with Crippen LogP contribution in [0.3, 0.4) is 0 Å². The van der Waals surface area contributed by atoms with Crippen molar-refractivity contribution in [3.8, 4) is 0 Å². The van der Waals surface area contributed by atoms with Gasteiger partial charge in [0.1, 0.15) is 0 Å². The summed E-state index contributed by atoms with van der Waals surface area (Å²) in [7, 11) is 3.15. The number of nitrogens with zero attached hydrogens (tertiary/aromatic N) is 1. The number of methoxy groups -OCH3 is 1. The number of halogens is 1. The van der Waals surface area contributed by atoms with E-state index < -0.39 is 6.10 Å². The molecule has 1 unspecified atom stereocenters. The zero-order valence-electron chi connectivity index (χ0n) is 8.81. The third-order valence-electron chi connectivity index (χ3n) is 2.12. The number of rotatable bonds is 4. The first kappa shape index (κ1) is 12.0. The standard InChI is InChI=1S/C11H14ClNO2/c1-13(8-12)11(14)10(15-2)9-6-4-3-5-7-9/h3-7,10H,8H2,1-2H3. The van der Waals surface area contributed by atoms with E-state index in [-0.39, 0.29) is 11.9 Å². The Morgan fingerprint density at radius 3 is 2.53 bits per heavy atom. The number of hydrogen-bond acceptors (Lipinski definition) is 2. The molecule has 0 aliphatic carbocycles. The maximum atomic E-state index is 11.8. The van der Waals surface area contributed by atoms with E-state index in [2.05, 4.69) is 0 Å². The largest absolute Gasteiger partial charge is 0.367 e. The lowest BCUT2D eigenvalue weighted by Gasteiger charge is -2.20. The highest BCUT2D eigenvalue weighted by Gasteiger charge is 2.22. The molecule has 82 valence electrons. The van der Waals surface area contributed by atoms with Gasteiger partial charge in [-0.25, -0.2) is 0 Å². The van der Waals surface area contributed by atoms with Crippen LogP contribution in [-0.2, 0) is 9.53 Å². The van der Waals surface area contributed by atoms with Gasteiger partial charge in [-0.1, -0.05) is 30.3 Å². The molecule has 1 amide bonds. The fourth-order valence-electron chi connectivity index (χ4n) is 1.27. The number of carbonyl (C=O) groups excluding carboxylic acids is 1. The molecule has 0 saturated heterocycles. The van der Waals surface area contributed by atoms with Gasteiger partial charge < -0.3 is 9.64 Å². The van der Waals surface area contributed by atoms with Gasteiger partial charge in [-0.05, 0) is 5.56 Å². The van der Waals surface area contributed by atoms with Crippen molar-refractivity contribution in [2.24, 2.45) is 0 Å². The molecule has 1 atom stereocenters. The lowest BCUT2D eigenvalue weighted by Crippen LogP contribution is -2.31. The third-order valence-corrected chi connectivity index (χ3v) is 2.48. The molecule has 0 N–H and O–H groups in total. The van der Waals surface area contributed by atoms with Crippen LogP contribution in [-0.4, -0.2) is 31.0 Å². The Hall–Kier alpha value is -1.06. The summed E-state index contributed by atoms with van der Waals surface area (Å²) in [6.45, 7) is 0. The van der Waals surface area contributed by atoms with Gasteiger partial charge in [0.25, 0.3) is 5.91 Å². The van der Waals surface area contributed by atoms with E-state index >= 15 is 0 Å². The van der Waals surface area contributed by atoms with Crippen molar-refractivity contribution < 1.29 is 9.53 Å². The van der Waals surface area contributed by atoms with Gasteiger partial charge in [-0.2, -0.15) is 0 Å². The fourth-order valence-corrected chi connectivity index (χ4v) is 1.38. The third kappa shape index (κ3) is 2.94. The minimum atomic E-state index is -0.574. The van der Waals surface area contributed by atoms with Crippen LogP contribution in [0.2, 0.25) is 0 Å². The summed E-state index contributed by atoms with van der Waals surface area (Å²) < 4.78 is 5.17. The van der Waals surface area contributed by atoms with Crippen LogP contribution < -0.4 is 0 Å². The summed E-state index contributed by atoms with van der Waals surface area (Å²) in [6, 6.07) is 9.50. The monoisotopic (exact) mass is 227 g/mol. The summed E-state index contributed by atoms with van der Waals surface area (Å²) in [4.78, 5) is 13.2. The normalized spacial score (nSPS) is 12.2. The highest BCUT2D eigenvalue weighted by molar-refractivity contribution is 6.18. The highest BCUT2D eigenvalue weighted by atomic mass is 35.5. The fraction of sp³-hybridized carbons (Fsp3) is 0.364. The van der Waals surface area contributed by atoms with Crippen molar-refractivity contribution in [2.45, 2.75) is 6.10 Å². The molecule has 3 nitrogen and oxygen atoms in total. The summed E-state index contributed by atoms with van der Waals surface area (Å²) in [5.74, 6) is -0.140. The molecular formula is C11H14ClNO2. The second kappa shape index (κ2) is 5.73. The van der Waals surface area contributed by atoms with E-state index in [1.165, 1.54) is 12.0 Å². The van der Waals surface area contributed by atoms with Crippen molar-refractivity contribution >= 4 is 17.5 Å². The van der Waals surface area contributed by atoms with Gasteiger partial charge in [0.15, 0.2) is 6.10 Å². The van der Waals surface area contributed by atoms with E-state index in [4.69, 9.17) is 16.3 Å². The Labute approximate surface area is 94.6 Å². The van der Waals surface area contributed by atoms with E-state index in [0.717, 1.165) is 5.56 Å². The molecule has 0 fully saturated rings. The van der Waals surface area contributed by atoms with Gasteiger partial charge in [0, 0.05) is 14.2 Å². The van der Waals surface area contributed by atoms with E-state index in [9.17, 15) is 4.79 Å². The maximum Gasteiger partial charge on any atom is 0.257 e. The summed E-state index contributed by atoms with van der Waals surface area (Å²) in [5, 5.41) is 0. The average molecular weight is 228 g/mol. The van der Waals surface area contributed by atoms with E-state index in [0.29, 0.717) is 0 Å². The molecule has 0 bridgehead atoms. The summed E-state index contributed by atoms with van der Waals surface area (Å²) in [6.07, 6.45) is -0.574. The smallest absolute Gasteiger partial charge is 0.257 e. The minimum absolute atomic E-state index is 0.140. The van der Waals surface area contributed by atoms with Crippen LogP contribution in [0, 0.1) is 0 Å². The maximum absolute atomic E-state index is 11.8. The number of amides is 1. The number of carbonyl (C=O) groups is 1. The van der Waals surface area contributed by atoms with Crippen LogP contribution in [0.1, 0.15) is 11.7 Å². The SMILES string of the molecule is COC(C(=O)N(C)CCl)c1ccccc1. The minimum Gasteiger partial charge on any atom is -0.367 e. The number of benzene rings is 1. The Kier molecular flexibility index (Phi) is 4.59. The molecule has 0 aliphatic heterocycles. The van der Waals surface area contributed by atoms with Crippen molar-refractivity contribution in [3.63, 3.8) is 0 Å². The second-order valence-corrected chi connectivity index (χ2v) is 3.42. The molecule has 0 heterocycles. The van der Waals surface area contributed by atoms with Gasteiger partial charge in [0.2, 0.25) is 0 Å². The summed E-state index contributed by atoms with van der Waals surface area (Å²) >= 11 is 5.58. The topological polar surface area (TPSA) is 29.5 Å². The quantitative estimate of drug-likeness (QED) is 0.582. The van der Waals surface area contributed by atoms with Crippen molar-refractivity contribution in [2.75, 3.05) is 20.2 Å². The molecule has 1 rings (SSSR count). The average Bonchev–Trinajstić information content (AvgIpc) is 2.30. The second-order valence-electron chi connectivity index (χ2n) is 3.18. The van der Waals surface area contributed by atoms with Crippen molar-refractivity contribution in [1.29, 1.82) is 0 Å². The molecule has 0 aromatic heterocycles. The van der Waals surface area contributed by atoms with E-state index in [1.807, 2.05) is 30.3 Å². The first-order valence-electron chi connectivity index (χ1n) is 4.59. The van der Waals surface area contributed by atoms with Gasteiger partial charge >= 0.3 is 0 Å². The molecule has 4 heteroatoms. The highest BCUT2D eigenvalue weighted by Crippen LogP contribution is 2.18. The first-order chi connectivity index (χ1) is 7.20. The molecule has 0 saturated carbocycles. The van der Waals surface area contributed by atoms with E-state index in [1.54, 1.807) is 7.05 Å². The molecule has 1 aromatic carbocycles. The molecule has 0 aliphatic rings. The summed E-state index contributed by atoms with van der Waals surface area (Å²) in [5.41, 5.74) is 0.835. The predicted molar refractivity (Wildman–Crippen MR) is 59.7 cm³/mol. The Bertz CT molecular complexity index is 316. The first-order valence-corrected chi connectivity index (χ1v) is 5.12. The molecule has 1 aromatic rings. The molecule has 15 heavy (non-hydrogen) atoms. The van der Waals surface area contributed by atoms with Crippen LogP contribution in [0.15, 0.2) is 30.3 Å². The number of alkyl halides is 1. The lowest BCUT2D eigenvalue weighted by atomic mass is 10.1. The van der Waals surface area contributed by atoms with Crippen molar-refractivity contribution in [1.82, 2.24) is 4.90 Å². The lowest BCUT2D eigenvalue weighted by molar-refractivity contribution is -0.140. The van der Waals surface area contributed by atoms with Crippen LogP contribution in [0.4, 0.5) is 0 Å². The molecule has 0 radical (unpaired) electrons. The van der Waals surface area contributed by atoms with Crippen LogP contribution >= 0.6 is 11.6 Å². The zero-order valence-corrected chi connectivity index (χ0v) is 9.57. The van der Waals surface area contributed by atoms with Crippen LogP contribution in [0.5, 0.6) is 0 Å². The van der Waals surface area contributed by atoms with Gasteiger partial charge in [-0.3, -0.25) is 4.79 Å². The predicted octanol–water partition coefficient (Wildman–Crippen LogP) is 2.03. The van der Waals surface area contributed by atoms with Crippen LogP contribution in [0.25, 0.3) is 0 Å². The number of hydrogen-bond donors (Lipinski definition) is 0. The molecular weight excluding hydrogens is 214 g/mol. The Morgan fingerprint density at radius 2 is 2.07 bits per heavy atom. The number of likely N-dealkylation sites (N-methyl/N-ethyl adjacent to an activating group) is 1. The van der Waals surface area contributed by atoms with Gasteiger partial charge in [-0.15, -0.1) is 11.6 Å². The van der Waals surface area contributed by atoms with Gasteiger partial charge in [0.05, 0.1) is 6.00 Å². The zero-order chi connectivity index (χ0) is 11.3. The number of ether oxygens (including phenoxy) is 1. The molecule has 0 spiro atoms. The Balaban J connectivity index is 2.85. The Morgan fingerprint density at radius 1 is 1.47 bits per heavy atom.